The van der Waals surface area contributed by atoms with Crippen molar-refractivity contribution in [3.8, 4) is 11.5 Å². The minimum atomic E-state index is -0.292. The Labute approximate surface area is 145 Å². The highest BCUT2D eigenvalue weighted by molar-refractivity contribution is 6.31. The lowest BCUT2D eigenvalue weighted by Gasteiger charge is -2.13. The molecule has 0 bridgehead atoms. The van der Waals surface area contributed by atoms with Crippen molar-refractivity contribution in [2.24, 2.45) is 0 Å². The van der Waals surface area contributed by atoms with E-state index in [-0.39, 0.29) is 12.5 Å². The van der Waals surface area contributed by atoms with Crippen LogP contribution in [0.15, 0.2) is 30.3 Å². The number of carbonyl (C=O) groups is 1. The smallest absolute Gasteiger partial charge is 0.262 e. The van der Waals surface area contributed by atoms with Gasteiger partial charge in [0, 0.05) is 16.1 Å². The summed E-state index contributed by atoms with van der Waals surface area (Å²) in [4.78, 5) is 12.1. The van der Waals surface area contributed by atoms with Gasteiger partial charge in [-0.1, -0.05) is 23.2 Å². The minimum Gasteiger partial charge on any atom is -0.495 e. The SMILES string of the molecule is COc1cc(Cl)c(C)cc1NC(=O)COc1ccc(Cl)cc1C. The lowest BCUT2D eigenvalue weighted by molar-refractivity contribution is -0.118. The van der Waals surface area contributed by atoms with Gasteiger partial charge < -0.3 is 14.8 Å². The molecule has 0 radical (unpaired) electrons. The molecule has 0 saturated carbocycles. The van der Waals surface area contributed by atoms with Gasteiger partial charge in [-0.05, 0) is 49.2 Å². The molecule has 0 unspecified atom stereocenters. The number of amides is 1. The number of methoxy groups -OCH3 is 1. The van der Waals surface area contributed by atoms with Crippen LogP contribution in [-0.2, 0) is 4.79 Å². The van der Waals surface area contributed by atoms with Gasteiger partial charge in [-0.3, -0.25) is 4.79 Å². The fourth-order valence-electron chi connectivity index (χ4n) is 2.03. The molecule has 23 heavy (non-hydrogen) atoms. The number of hydrogen-bond acceptors (Lipinski definition) is 3. The number of benzene rings is 2. The van der Waals surface area contributed by atoms with Crippen LogP contribution in [-0.4, -0.2) is 19.6 Å². The first kappa shape index (κ1) is 17.4. The Morgan fingerprint density at radius 2 is 1.83 bits per heavy atom. The molecule has 0 atom stereocenters. The maximum absolute atomic E-state index is 12.1. The van der Waals surface area contributed by atoms with E-state index in [1.165, 1.54) is 7.11 Å². The maximum Gasteiger partial charge on any atom is 0.262 e. The van der Waals surface area contributed by atoms with Gasteiger partial charge >= 0.3 is 0 Å². The Balaban J connectivity index is 2.04. The predicted molar refractivity (Wildman–Crippen MR) is 93.1 cm³/mol. The zero-order valence-corrected chi connectivity index (χ0v) is 14.6. The summed E-state index contributed by atoms with van der Waals surface area (Å²) in [7, 11) is 1.52. The molecule has 0 spiro atoms. The van der Waals surface area contributed by atoms with Crippen LogP contribution in [0.4, 0.5) is 5.69 Å². The van der Waals surface area contributed by atoms with Crippen LogP contribution in [0.2, 0.25) is 10.0 Å². The Morgan fingerprint density at radius 3 is 2.48 bits per heavy atom. The zero-order chi connectivity index (χ0) is 17.0. The van der Waals surface area contributed by atoms with Crippen molar-refractivity contribution in [3.05, 3.63) is 51.5 Å². The van der Waals surface area contributed by atoms with Crippen molar-refractivity contribution < 1.29 is 14.3 Å². The molecule has 0 aliphatic rings. The molecule has 0 aliphatic carbocycles. The second kappa shape index (κ2) is 7.57. The monoisotopic (exact) mass is 353 g/mol. The summed E-state index contributed by atoms with van der Waals surface area (Å²) in [6.07, 6.45) is 0. The van der Waals surface area contributed by atoms with E-state index in [0.29, 0.717) is 27.2 Å². The maximum atomic E-state index is 12.1. The number of carbonyl (C=O) groups excluding carboxylic acids is 1. The van der Waals surface area contributed by atoms with Crippen LogP contribution >= 0.6 is 23.2 Å². The summed E-state index contributed by atoms with van der Waals surface area (Å²) < 4.78 is 10.7. The number of ether oxygens (including phenoxy) is 2. The van der Waals surface area contributed by atoms with Gasteiger partial charge in [0.15, 0.2) is 6.61 Å². The molecule has 0 aliphatic heterocycles. The molecule has 1 N–H and O–H groups in total. The average molecular weight is 354 g/mol. The summed E-state index contributed by atoms with van der Waals surface area (Å²) in [5.74, 6) is 0.819. The van der Waals surface area contributed by atoms with Gasteiger partial charge in [0.2, 0.25) is 0 Å². The van der Waals surface area contributed by atoms with Gasteiger partial charge in [0.25, 0.3) is 5.91 Å². The van der Waals surface area contributed by atoms with E-state index in [4.69, 9.17) is 32.7 Å². The summed E-state index contributed by atoms with van der Waals surface area (Å²) in [5, 5.41) is 3.96. The second-order valence-corrected chi connectivity index (χ2v) is 5.89. The Kier molecular flexibility index (Phi) is 5.74. The van der Waals surface area contributed by atoms with Crippen LogP contribution in [0.25, 0.3) is 0 Å². The first-order chi connectivity index (χ1) is 10.9. The molecular weight excluding hydrogens is 337 g/mol. The first-order valence-corrected chi connectivity index (χ1v) is 7.69. The van der Waals surface area contributed by atoms with Crippen molar-refractivity contribution in [2.45, 2.75) is 13.8 Å². The number of halogens is 2. The summed E-state index contributed by atoms with van der Waals surface area (Å²) in [6.45, 7) is 3.60. The number of nitrogens with one attached hydrogen (secondary N) is 1. The minimum absolute atomic E-state index is 0.118. The molecule has 0 fully saturated rings. The van der Waals surface area contributed by atoms with Gasteiger partial charge in [-0.25, -0.2) is 0 Å². The van der Waals surface area contributed by atoms with Crippen molar-refractivity contribution in [1.29, 1.82) is 0 Å². The van der Waals surface area contributed by atoms with E-state index in [2.05, 4.69) is 5.32 Å². The van der Waals surface area contributed by atoms with Gasteiger partial charge in [-0.2, -0.15) is 0 Å². The van der Waals surface area contributed by atoms with Crippen molar-refractivity contribution in [3.63, 3.8) is 0 Å². The zero-order valence-electron chi connectivity index (χ0n) is 13.1. The highest BCUT2D eigenvalue weighted by Crippen LogP contribution is 2.31. The Bertz CT molecular complexity index is 732. The molecule has 0 heterocycles. The van der Waals surface area contributed by atoms with E-state index >= 15 is 0 Å². The van der Waals surface area contributed by atoms with E-state index in [1.807, 2.05) is 13.8 Å². The van der Waals surface area contributed by atoms with E-state index in [1.54, 1.807) is 30.3 Å². The van der Waals surface area contributed by atoms with Crippen LogP contribution in [0, 0.1) is 13.8 Å². The molecule has 1 amide bonds. The summed E-state index contributed by atoms with van der Waals surface area (Å²) in [6, 6.07) is 8.65. The molecule has 0 aromatic heterocycles. The van der Waals surface area contributed by atoms with E-state index in [9.17, 15) is 4.79 Å². The van der Waals surface area contributed by atoms with Crippen molar-refractivity contribution in [2.75, 3.05) is 19.0 Å². The van der Waals surface area contributed by atoms with Crippen LogP contribution in [0.5, 0.6) is 11.5 Å². The van der Waals surface area contributed by atoms with Gasteiger partial charge in [0.1, 0.15) is 11.5 Å². The van der Waals surface area contributed by atoms with Crippen LogP contribution in [0.3, 0.4) is 0 Å². The van der Waals surface area contributed by atoms with Gasteiger partial charge in [-0.15, -0.1) is 0 Å². The van der Waals surface area contributed by atoms with E-state index < -0.39 is 0 Å². The number of aryl methyl sites for hydroxylation is 2. The molecule has 122 valence electrons. The third kappa shape index (κ3) is 4.53. The van der Waals surface area contributed by atoms with Crippen molar-refractivity contribution >= 4 is 34.8 Å². The molecule has 2 aromatic rings. The topological polar surface area (TPSA) is 47.6 Å². The lowest BCUT2D eigenvalue weighted by Crippen LogP contribution is -2.20. The number of anilines is 1. The number of hydrogen-bond donors (Lipinski definition) is 1. The molecular formula is C17H17Cl2NO3. The molecule has 2 aromatic carbocycles. The first-order valence-electron chi connectivity index (χ1n) is 6.93. The number of rotatable bonds is 5. The Hall–Kier alpha value is -1.91. The van der Waals surface area contributed by atoms with Crippen LogP contribution in [0.1, 0.15) is 11.1 Å². The molecule has 4 nitrogen and oxygen atoms in total. The third-order valence-corrected chi connectivity index (χ3v) is 3.89. The standard InChI is InChI=1S/C17H17Cl2NO3/c1-10-7-14(16(22-3)8-13(10)19)20-17(21)9-23-15-5-4-12(18)6-11(15)2/h4-8H,9H2,1-3H3,(H,20,21). The van der Waals surface area contributed by atoms with Crippen LogP contribution < -0.4 is 14.8 Å². The normalized spacial score (nSPS) is 10.3. The highest BCUT2D eigenvalue weighted by atomic mass is 35.5. The molecule has 0 saturated heterocycles. The van der Waals surface area contributed by atoms with E-state index in [0.717, 1.165) is 11.1 Å². The second-order valence-electron chi connectivity index (χ2n) is 5.05. The molecule has 2 rings (SSSR count). The molecule has 6 heteroatoms. The fourth-order valence-corrected chi connectivity index (χ4v) is 2.41. The quantitative estimate of drug-likeness (QED) is 0.851. The average Bonchev–Trinajstić information content (AvgIpc) is 2.49. The van der Waals surface area contributed by atoms with Crippen molar-refractivity contribution in [1.82, 2.24) is 0 Å². The fraction of sp³-hybridized carbons (Fsp3) is 0.235. The lowest BCUT2D eigenvalue weighted by atomic mass is 10.2. The Morgan fingerprint density at radius 1 is 1.09 bits per heavy atom. The summed E-state index contributed by atoms with van der Waals surface area (Å²) in [5.41, 5.74) is 2.26. The van der Waals surface area contributed by atoms with Gasteiger partial charge in [0.05, 0.1) is 12.8 Å². The highest BCUT2D eigenvalue weighted by Gasteiger charge is 2.11. The third-order valence-electron chi connectivity index (χ3n) is 3.25. The summed E-state index contributed by atoms with van der Waals surface area (Å²) >= 11 is 11.9. The predicted octanol–water partition coefficient (Wildman–Crippen LogP) is 4.64. The largest absolute Gasteiger partial charge is 0.495 e.